The molecule has 0 aromatic carbocycles. The van der Waals surface area contributed by atoms with Gasteiger partial charge in [0.15, 0.2) is 5.84 Å². The molecule has 1 heterocycles. The fourth-order valence-corrected chi connectivity index (χ4v) is 1.13. The second-order valence-electron chi connectivity index (χ2n) is 3.10. The first-order valence-electron chi connectivity index (χ1n) is 4.76. The summed E-state index contributed by atoms with van der Waals surface area (Å²) in [6.45, 7) is 0.769. The van der Waals surface area contributed by atoms with E-state index in [1.165, 1.54) is 5.56 Å². The van der Waals surface area contributed by atoms with E-state index in [2.05, 4.69) is 10.1 Å². The molecule has 0 radical (unpaired) electrons. The molecule has 0 saturated heterocycles. The van der Waals surface area contributed by atoms with Gasteiger partial charge >= 0.3 is 0 Å². The Hall–Kier alpha value is -1.62. The highest BCUT2D eigenvalue weighted by Crippen LogP contribution is 2.00. The molecule has 5 nitrogen and oxygen atoms in total. The minimum atomic E-state index is 0.0962. The highest BCUT2D eigenvalue weighted by Gasteiger charge is 1.95. The number of aromatic nitrogens is 1. The van der Waals surface area contributed by atoms with E-state index in [0.29, 0.717) is 6.61 Å². The highest BCUT2D eigenvalue weighted by atomic mass is 16.5. The second kappa shape index (κ2) is 6.78. The van der Waals surface area contributed by atoms with Gasteiger partial charge in [0.25, 0.3) is 0 Å². The van der Waals surface area contributed by atoms with Gasteiger partial charge in [0.2, 0.25) is 0 Å². The van der Waals surface area contributed by atoms with Crippen molar-refractivity contribution in [2.75, 3.05) is 13.2 Å². The smallest absolute Gasteiger partial charge is 0.165 e. The van der Waals surface area contributed by atoms with E-state index in [1.54, 1.807) is 12.4 Å². The molecule has 1 aromatic heterocycles. The molecule has 1 rings (SSSR count). The van der Waals surface area contributed by atoms with E-state index in [9.17, 15) is 0 Å². The van der Waals surface area contributed by atoms with Gasteiger partial charge in [0.05, 0.1) is 0 Å². The normalized spacial score (nSPS) is 11.6. The van der Waals surface area contributed by atoms with Gasteiger partial charge in [0.1, 0.15) is 6.61 Å². The summed E-state index contributed by atoms with van der Waals surface area (Å²) in [5, 5.41) is 11.1. The van der Waals surface area contributed by atoms with Gasteiger partial charge in [-0.15, -0.1) is 0 Å². The van der Waals surface area contributed by atoms with Crippen LogP contribution in [0.25, 0.3) is 0 Å². The maximum absolute atomic E-state index is 8.25. The summed E-state index contributed by atoms with van der Waals surface area (Å²) in [5.74, 6) is 0.0962. The molecule has 0 aliphatic carbocycles. The zero-order chi connectivity index (χ0) is 10.9. The van der Waals surface area contributed by atoms with Crippen LogP contribution in [0.1, 0.15) is 12.0 Å². The maximum Gasteiger partial charge on any atom is 0.165 e. The Morgan fingerprint density at radius 3 is 2.87 bits per heavy atom. The fourth-order valence-electron chi connectivity index (χ4n) is 1.13. The van der Waals surface area contributed by atoms with Crippen LogP contribution in [0.15, 0.2) is 29.7 Å². The molecule has 0 bridgehead atoms. The first-order chi connectivity index (χ1) is 7.33. The molecular formula is C10H15N3O2. The number of rotatable bonds is 6. The van der Waals surface area contributed by atoms with Crippen LogP contribution in [0, 0.1) is 0 Å². The summed E-state index contributed by atoms with van der Waals surface area (Å²) < 4.78 is 5.18. The molecule has 0 spiro atoms. The Labute approximate surface area is 88.6 Å². The quantitative estimate of drug-likeness (QED) is 0.238. The molecule has 3 N–H and O–H groups in total. The Balaban J connectivity index is 2.08. The Bertz CT molecular complexity index is 301. The van der Waals surface area contributed by atoms with Crippen LogP contribution in [-0.2, 0) is 11.2 Å². The van der Waals surface area contributed by atoms with E-state index in [4.69, 9.17) is 15.7 Å². The first kappa shape index (κ1) is 11.5. The molecule has 0 unspecified atom stereocenters. The number of aryl methyl sites for hydroxylation is 1. The minimum Gasteiger partial charge on any atom is -0.409 e. The Morgan fingerprint density at radius 1 is 1.47 bits per heavy atom. The van der Waals surface area contributed by atoms with Crippen LogP contribution >= 0.6 is 0 Å². The van der Waals surface area contributed by atoms with Crippen molar-refractivity contribution in [3.05, 3.63) is 30.1 Å². The lowest BCUT2D eigenvalue weighted by molar-refractivity contribution is 0.165. The van der Waals surface area contributed by atoms with E-state index in [-0.39, 0.29) is 12.4 Å². The molecule has 0 aliphatic heterocycles. The van der Waals surface area contributed by atoms with Crippen LogP contribution in [0.3, 0.4) is 0 Å². The number of hydrogen-bond donors (Lipinski definition) is 2. The predicted molar refractivity (Wildman–Crippen MR) is 56.8 cm³/mol. The summed E-state index contributed by atoms with van der Waals surface area (Å²) in [6, 6.07) is 3.95. The maximum atomic E-state index is 8.25. The zero-order valence-electron chi connectivity index (χ0n) is 8.47. The average Bonchev–Trinajstić information content (AvgIpc) is 2.29. The van der Waals surface area contributed by atoms with Gasteiger partial charge < -0.3 is 15.7 Å². The number of amidine groups is 1. The van der Waals surface area contributed by atoms with Gasteiger partial charge in [0, 0.05) is 19.0 Å². The Morgan fingerprint density at radius 2 is 2.20 bits per heavy atom. The third-order valence-corrected chi connectivity index (χ3v) is 1.88. The molecule has 0 fully saturated rings. The van der Waals surface area contributed by atoms with Crippen LogP contribution in [-0.4, -0.2) is 29.2 Å². The SMILES string of the molecule is N/C(COCCCc1ccncc1)=N\O. The van der Waals surface area contributed by atoms with Crippen molar-refractivity contribution in [1.29, 1.82) is 0 Å². The lowest BCUT2D eigenvalue weighted by Gasteiger charge is -2.02. The first-order valence-corrected chi connectivity index (χ1v) is 4.76. The number of hydrogen-bond acceptors (Lipinski definition) is 4. The monoisotopic (exact) mass is 209 g/mol. The van der Waals surface area contributed by atoms with Crippen molar-refractivity contribution in [3.8, 4) is 0 Å². The van der Waals surface area contributed by atoms with Crippen molar-refractivity contribution >= 4 is 5.84 Å². The van der Waals surface area contributed by atoms with Gasteiger partial charge in [-0.05, 0) is 30.5 Å². The van der Waals surface area contributed by atoms with Gasteiger partial charge in [-0.25, -0.2) is 0 Å². The topological polar surface area (TPSA) is 80.7 Å². The van der Waals surface area contributed by atoms with E-state index < -0.39 is 0 Å². The number of nitrogens with two attached hydrogens (primary N) is 1. The molecule has 82 valence electrons. The molecule has 0 amide bonds. The standard InChI is InChI=1S/C10H15N3O2/c11-10(13-14)8-15-7-1-2-9-3-5-12-6-4-9/h3-6,14H,1-2,7-8H2,(H2,11,13). The van der Waals surface area contributed by atoms with Crippen LogP contribution in [0.5, 0.6) is 0 Å². The van der Waals surface area contributed by atoms with Gasteiger partial charge in [-0.2, -0.15) is 0 Å². The van der Waals surface area contributed by atoms with Crippen molar-refractivity contribution < 1.29 is 9.94 Å². The zero-order valence-corrected chi connectivity index (χ0v) is 8.47. The molecule has 15 heavy (non-hydrogen) atoms. The molecule has 0 saturated carbocycles. The van der Waals surface area contributed by atoms with Crippen molar-refractivity contribution in [3.63, 3.8) is 0 Å². The summed E-state index contributed by atoms with van der Waals surface area (Å²) in [5.41, 5.74) is 6.47. The largest absolute Gasteiger partial charge is 0.409 e. The third-order valence-electron chi connectivity index (χ3n) is 1.88. The number of nitrogens with zero attached hydrogens (tertiary/aromatic N) is 2. The summed E-state index contributed by atoms with van der Waals surface area (Å²) in [6.07, 6.45) is 5.39. The van der Waals surface area contributed by atoms with Crippen LogP contribution in [0.2, 0.25) is 0 Å². The highest BCUT2D eigenvalue weighted by molar-refractivity contribution is 5.80. The third kappa shape index (κ3) is 4.97. The number of pyridine rings is 1. The van der Waals surface area contributed by atoms with Crippen molar-refractivity contribution in [1.82, 2.24) is 4.98 Å². The average molecular weight is 209 g/mol. The molecular weight excluding hydrogens is 194 g/mol. The molecule has 0 atom stereocenters. The lowest BCUT2D eigenvalue weighted by Crippen LogP contribution is -2.19. The van der Waals surface area contributed by atoms with E-state index >= 15 is 0 Å². The van der Waals surface area contributed by atoms with Crippen LogP contribution in [0.4, 0.5) is 0 Å². The fraction of sp³-hybridized carbons (Fsp3) is 0.400. The molecule has 5 heteroatoms. The summed E-state index contributed by atoms with van der Waals surface area (Å²) in [4.78, 5) is 3.93. The Kier molecular flexibility index (Phi) is 5.18. The van der Waals surface area contributed by atoms with E-state index in [1.807, 2.05) is 12.1 Å². The molecule has 0 aliphatic rings. The minimum absolute atomic E-state index is 0.0962. The number of ether oxygens (including phenoxy) is 1. The lowest BCUT2D eigenvalue weighted by atomic mass is 10.1. The summed E-state index contributed by atoms with van der Waals surface area (Å²) in [7, 11) is 0. The van der Waals surface area contributed by atoms with Crippen molar-refractivity contribution in [2.45, 2.75) is 12.8 Å². The van der Waals surface area contributed by atoms with Crippen LogP contribution < -0.4 is 5.73 Å². The summed E-state index contributed by atoms with van der Waals surface area (Å²) >= 11 is 0. The van der Waals surface area contributed by atoms with Crippen molar-refractivity contribution in [2.24, 2.45) is 10.9 Å². The van der Waals surface area contributed by atoms with Gasteiger partial charge in [-0.1, -0.05) is 5.16 Å². The second-order valence-corrected chi connectivity index (χ2v) is 3.10. The predicted octanol–water partition coefficient (Wildman–Crippen LogP) is 0.777. The van der Waals surface area contributed by atoms with E-state index in [0.717, 1.165) is 12.8 Å². The number of oxime groups is 1. The van der Waals surface area contributed by atoms with Gasteiger partial charge in [-0.3, -0.25) is 4.98 Å². The molecule has 1 aromatic rings.